The third-order valence-electron chi connectivity index (χ3n) is 2.43. The number of carbonyl (C=O) groups excluding carboxylic acids is 1. The molecule has 0 spiro atoms. The molecule has 1 aliphatic rings. The van der Waals surface area contributed by atoms with E-state index in [1.807, 2.05) is 0 Å². The van der Waals surface area contributed by atoms with E-state index in [9.17, 15) is 15.0 Å². The Balaban J connectivity index is 2.35. The fraction of sp³-hybridized carbons (Fsp3) is 0.300. The molecule has 1 saturated heterocycles. The predicted molar refractivity (Wildman–Crippen MR) is 54.4 cm³/mol. The Bertz CT molecular complexity index is 423. The van der Waals surface area contributed by atoms with Gasteiger partial charge in [0.15, 0.2) is 5.72 Å². The highest BCUT2D eigenvalue weighted by atomic mass is 16.5. The topological polar surface area (TPSA) is 90.8 Å². The van der Waals surface area contributed by atoms with Crippen LogP contribution in [0.2, 0.25) is 0 Å². The highest BCUT2D eigenvalue weighted by Gasteiger charge is 2.35. The van der Waals surface area contributed by atoms with E-state index in [0.717, 1.165) is 0 Å². The second-order valence-corrected chi connectivity index (χ2v) is 3.70. The van der Waals surface area contributed by atoms with Gasteiger partial charge in [-0.2, -0.15) is 5.43 Å². The summed E-state index contributed by atoms with van der Waals surface area (Å²) in [5, 5.41) is 19.0. The summed E-state index contributed by atoms with van der Waals surface area (Å²) in [7, 11) is 0. The average molecular weight is 224 g/mol. The number of hydrogen-bond acceptors (Lipinski definition) is 5. The summed E-state index contributed by atoms with van der Waals surface area (Å²) in [6, 6.07) is 4.10. The molecule has 2 rings (SSSR count). The first-order chi connectivity index (χ1) is 7.51. The van der Waals surface area contributed by atoms with Gasteiger partial charge in [0, 0.05) is 5.56 Å². The third-order valence-corrected chi connectivity index (χ3v) is 2.43. The monoisotopic (exact) mass is 224 g/mol. The second-order valence-electron chi connectivity index (χ2n) is 3.70. The molecular formula is C10H12N2O4. The highest BCUT2D eigenvalue weighted by Crippen LogP contribution is 2.33. The van der Waals surface area contributed by atoms with Crippen molar-refractivity contribution in [2.75, 3.05) is 6.61 Å². The first-order valence-electron chi connectivity index (χ1n) is 4.74. The molecule has 0 radical (unpaired) electrons. The number of rotatable bonds is 1. The van der Waals surface area contributed by atoms with Crippen molar-refractivity contribution < 1.29 is 19.7 Å². The molecular weight excluding hydrogens is 212 g/mol. The van der Waals surface area contributed by atoms with Crippen LogP contribution >= 0.6 is 0 Å². The third kappa shape index (κ3) is 1.80. The van der Waals surface area contributed by atoms with Crippen LogP contribution in [0.3, 0.4) is 0 Å². The number of carbonyl (C=O) groups is 1. The molecule has 0 aliphatic carbocycles. The molecule has 1 aromatic carbocycles. The zero-order valence-corrected chi connectivity index (χ0v) is 8.65. The molecule has 1 atom stereocenters. The van der Waals surface area contributed by atoms with Crippen LogP contribution < -0.4 is 10.9 Å². The van der Waals surface area contributed by atoms with E-state index in [1.165, 1.54) is 18.2 Å². The van der Waals surface area contributed by atoms with Crippen molar-refractivity contribution in [2.24, 2.45) is 0 Å². The Morgan fingerprint density at radius 1 is 1.44 bits per heavy atom. The van der Waals surface area contributed by atoms with Crippen LogP contribution in [-0.4, -0.2) is 22.7 Å². The standard InChI is InChI=1S/C10H12N2O4/c1-10(12-11-9(15)5-16-10)7-4-6(13)2-3-8(7)14/h2-4,12-14H,5H2,1H3,(H,11,15)/t10-/m1/s1. The molecule has 0 saturated carbocycles. The maximum Gasteiger partial charge on any atom is 0.260 e. The first-order valence-corrected chi connectivity index (χ1v) is 4.74. The van der Waals surface area contributed by atoms with Crippen molar-refractivity contribution >= 4 is 5.91 Å². The molecule has 86 valence electrons. The van der Waals surface area contributed by atoms with Crippen LogP contribution in [0.15, 0.2) is 18.2 Å². The first kappa shape index (κ1) is 10.7. The van der Waals surface area contributed by atoms with Crippen molar-refractivity contribution in [1.29, 1.82) is 0 Å². The SMILES string of the molecule is C[C@@]1(c2cc(O)ccc2O)NNC(=O)CO1. The second kappa shape index (κ2) is 3.66. The van der Waals surface area contributed by atoms with Crippen LogP contribution in [0.1, 0.15) is 12.5 Å². The van der Waals surface area contributed by atoms with Gasteiger partial charge in [-0.25, -0.2) is 0 Å². The maximum atomic E-state index is 10.9. The summed E-state index contributed by atoms with van der Waals surface area (Å²) in [5.74, 6) is -0.308. The van der Waals surface area contributed by atoms with Crippen LogP contribution in [0.5, 0.6) is 11.5 Å². The van der Waals surface area contributed by atoms with Gasteiger partial charge < -0.3 is 14.9 Å². The highest BCUT2D eigenvalue weighted by molar-refractivity contribution is 5.77. The van der Waals surface area contributed by atoms with Gasteiger partial charge in [0.05, 0.1) is 0 Å². The minimum absolute atomic E-state index is 0.0105. The predicted octanol–water partition coefficient (Wildman–Crippen LogP) is -0.0785. The van der Waals surface area contributed by atoms with E-state index in [-0.39, 0.29) is 24.0 Å². The van der Waals surface area contributed by atoms with E-state index >= 15 is 0 Å². The summed E-state index contributed by atoms with van der Waals surface area (Å²) in [6.45, 7) is 1.53. The van der Waals surface area contributed by atoms with Gasteiger partial charge in [0.25, 0.3) is 5.91 Å². The van der Waals surface area contributed by atoms with Gasteiger partial charge in [-0.05, 0) is 25.1 Å². The smallest absolute Gasteiger partial charge is 0.260 e. The number of amides is 1. The molecule has 0 aromatic heterocycles. The fourth-order valence-electron chi connectivity index (χ4n) is 1.52. The normalized spacial score (nSPS) is 25.2. The lowest BCUT2D eigenvalue weighted by molar-refractivity contribution is -0.155. The molecule has 0 bridgehead atoms. The lowest BCUT2D eigenvalue weighted by Crippen LogP contribution is -2.58. The quantitative estimate of drug-likeness (QED) is 0.501. The Morgan fingerprint density at radius 3 is 2.81 bits per heavy atom. The molecule has 1 amide bonds. The number of hydrazine groups is 1. The molecule has 1 fully saturated rings. The number of nitrogens with one attached hydrogen (secondary N) is 2. The molecule has 1 aliphatic heterocycles. The molecule has 4 N–H and O–H groups in total. The van der Waals surface area contributed by atoms with E-state index in [0.29, 0.717) is 5.56 Å². The number of phenolic OH excluding ortho intramolecular Hbond substituents is 2. The van der Waals surface area contributed by atoms with Crippen LogP contribution in [0, 0.1) is 0 Å². The Hall–Kier alpha value is -1.79. The van der Waals surface area contributed by atoms with Gasteiger partial charge in [-0.15, -0.1) is 0 Å². The zero-order valence-electron chi connectivity index (χ0n) is 8.65. The Labute approximate surface area is 91.8 Å². The number of hydrogen-bond donors (Lipinski definition) is 4. The average Bonchev–Trinajstić information content (AvgIpc) is 2.26. The molecule has 6 heteroatoms. The van der Waals surface area contributed by atoms with Gasteiger partial charge in [0.2, 0.25) is 0 Å². The summed E-state index contributed by atoms with van der Waals surface area (Å²) < 4.78 is 5.31. The van der Waals surface area contributed by atoms with E-state index in [2.05, 4.69) is 10.9 Å². The van der Waals surface area contributed by atoms with Crippen LogP contribution in [-0.2, 0) is 15.3 Å². The van der Waals surface area contributed by atoms with Crippen molar-refractivity contribution in [3.63, 3.8) is 0 Å². The summed E-state index contributed by atoms with van der Waals surface area (Å²) >= 11 is 0. The van der Waals surface area contributed by atoms with Gasteiger partial charge in [-0.1, -0.05) is 0 Å². The number of phenols is 2. The number of ether oxygens (including phenoxy) is 1. The molecule has 6 nitrogen and oxygen atoms in total. The molecule has 1 aromatic rings. The lowest BCUT2D eigenvalue weighted by atomic mass is 10.0. The largest absolute Gasteiger partial charge is 0.508 e. The molecule has 1 heterocycles. The Morgan fingerprint density at radius 2 is 2.19 bits per heavy atom. The van der Waals surface area contributed by atoms with Gasteiger partial charge in [0.1, 0.15) is 18.1 Å². The zero-order chi connectivity index (χ0) is 11.8. The maximum absolute atomic E-state index is 10.9. The summed E-state index contributed by atoms with van der Waals surface area (Å²) in [4.78, 5) is 10.9. The van der Waals surface area contributed by atoms with Crippen molar-refractivity contribution in [1.82, 2.24) is 10.9 Å². The number of benzene rings is 1. The number of aromatic hydroxyl groups is 2. The minimum Gasteiger partial charge on any atom is -0.508 e. The lowest BCUT2D eigenvalue weighted by Gasteiger charge is -2.35. The van der Waals surface area contributed by atoms with Gasteiger partial charge in [-0.3, -0.25) is 10.2 Å². The molecule has 16 heavy (non-hydrogen) atoms. The summed E-state index contributed by atoms with van der Waals surface area (Å²) in [5.41, 5.74) is 4.34. The summed E-state index contributed by atoms with van der Waals surface area (Å²) in [6.07, 6.45) is 0. The van der Waals surface area contributed by atoms with Crippen molar-refractivity contribution in [3.8, 4) is 11.5 Å². The van der Waals surface area contributed by atoms with Crippen LogP contribution in [0.4, 0.5) is 0 Å². The Kier molecular flexibility index (Phi) is 2.45. The van der Waals surface area contributed by atoms with E-state index < -0.39 is 5.72 Å². The van der Waals surface area contributed by atoms with Gasteiger partial charge >= 0.3 is 0 Å². The van der Waals surface area contributed by atoms with E-state index in [1.54, 1.807) is 6.92 Å². The van der Waals surface area contributed by atoms with Crippen LogP contribution in [0.25, 0.3) is 0 Å². The van der Waals surface area contributed by atoms with Crippen molar-refractivity contribution in [3.05, 3.63) is 23.8 Å². The minimum atomic E-state index is -1.06. The van der Waals surface area contributed by atoms with Crippen molar-refractivity contribution in [2.45, 2.75) is 12.6 Å². The fourth-order valence-corrected chi connectivity index (χ4v) is 1.52. The van der Waals surface area contributed by atoms with E-state index in [4.69, 9.17) is 4.74 Å². The molecule has 0 unspecified atom stereocenters.